The van der Waals surface area contributed by atoms with E-state index in [0.717, 1.165) is 4.90 Å². The highest BCUT2D eigenvalue weighted by atomic mass is 19.4. The van der Waals surface area contributed by atoms with Gasteiger partial charge < -0.3 is 4.90 Å². The Labute approximate surface area is 171 Å². The van der Waals surface area contributed by atoms with E-state index in [1.807, 2.05) is 0 Å². The van der Waals surface area contributed by atoms with Crippen molar-refractivity contribution in [1.29, 1.82) is 0 Å². The Morgan fingerprint density at radius 3 is 2.27 bits per heavy atom. The van der Waals surface area contributed by atoms with Crippen molar-refractivity contribution in [3.05, 3.63) is 59.4 Å². The van der Waals surface area contributed by atoms with Gasteiger partial charge in [-0.3, -0.25) is 14.6 Å². The van der Waals surface area contributed by atoms with Crippen molar-refractivity contribution >= 4 is 23.4 Å². The summed E-state index contributed by atoms with van der Waals surface area (Å²) in [5, 5.41) is 0. The molecule has 1 fully saturated rings. The Hall–Kier alpha value is -3.23. The summed E-state index contributed by atoms with van der Waals surface area (Å²) >= 11 is 0. The minimum Gasteiger partial charge on any atom is -0.305 e. The van der Waals surface area contributed by atoms with Gasteiger partial charge in [0.05, 0.1) is 12.1 Å². The number of anilines is 1. The Morgan fingerprint density at radius 2 is 1.70 bits per heavy atom. The maximum Gasteiger partial charge on any atom is 0.393 e. The molecule has 3 amide bonds. The first-order chi connectivity index (χ1) is 13.9. The third-order valence-electron chi connectivity index (χ3n) is 4.95. The summed E-state index contributed by atoms with van der Waals surface area (Å²) in [6.07, 6.45) is -3.98. The molecule has 1 aliphatic heterocycles. The molecule has 0 spiro atoms. The van der Waals surface area contributed by atoms with Gasteiger partial charge >= 0.3 is 12.2 Å². The summed E-state index contributed by atoms with van der Waals surface area (Å²) in [5.41, 5.74) is -0.0608. The molecule has 0 bridgehead atoms. The fourth-order valence-corrected chi connectivity index (χ4v) is 3.27. The van der Waals surface area contributed by atoms with Gasteiger partial charge in [-0.15, -0.1) is 0 Å². The molecule has 1 aromatic carbocycles. The van der Waals surface area contributed by atoms with Crippen LogP contribution in [0.25, 0.3) is 0 Å². The second-order valence-electron chi connectivity index (χ2n) is 7.63. The molecule has 0 N–H and O–H groups in total. The number of urea groups is 1. The number of halogens is 3. The highest BCUT2D eigenvalue weighted by molar-refractivity contribution is 6.22. The van der Waals surface area contributed by atoms with E-state index in [0.29, 0.717) is 5.56 Å². The molecule has 2 heterocycles. The fraction of sp³-hybridized carbons (Fsp3) is 0.333. The standard InChI is InChI=1S/C21H20F3N3O3/c1-13(28)17-10-15(8-9-25-17)12-26-19(30)27(18(29)20(26,2)3)16-6-4-14(5-7-16)11-21(22,23)24/h4-10H,11-12H2,1-3H3. The highest BCUT2D eigenvalue weighted by Gasteiger charge is 2.51. The number of nitrogens with zero attached hydrogens (tertiary/aromatic N) is 3. The maximum atomic E-state index is 13.0. The van der Waals surface area contributed by atoms with Gasteiger partial charge in [0, 0.05) is 19.7 Å². The zero-order chi connectivity index (χ0) is 22.3. The maximum absolute atomic E-state index is 13.0. The lowest BCUT2D eigenvalue weighted by atomic mass is 10.0. The Balaban J connectivity index is 1.87. The van der Waals surface area contributed by atoms with Crippen LogP contribution in [0.2, 0.25) is 0 Å². The quantitative estimate of drug-likeness (QED) is 0.540. The smallest absolute Gasteiger partial charge is 0.305 e. The topological polar surface area (TPSA) is 70.6 Å². The molecule has 0 radical (unpaired) electrons. The minimum atomic E-state index is -4.34. The first-order valence-corrected chi connectivity index (χ1v) is 9.18. The summed E-state index contributed by atoms with van der Waals surface area (Å²) in [4.78, 5) is 43.8. The number of carbonyl (C=O) groups is 3. The molecular weight excluding hydrogens is 399 g/mol. The summed E-state index contributed by atoms with van der Waals surface area (Å²) in [6, 6.07) is 7.78. The second kappa shape index (κ2) is 7.55. The van der Waals surface area contributed by atoms with E-state index in [1.165, 1.54) is 42.3 Å². The third kappa shape index (κ3) is 4.19. The zero-order valence-corrected chi connectivity index (χ0v) is 16.7. The average Bonchev–Trinajstić information content (AvgIpc) is 2.81. The van der Waals surface area contributed by atoms with Crippen molar-refractivity contribution < 1.29 is 27.6 Å². The van der Waals surface area contributed by atoms with Crippen LogP contribution in [0.5, 0.6) is 0 Å². The molecular formula is C21H20F3N3O3. The third-order valence-corrected chi connectivity index (χ3v) is 4.95. The van der Waals surface area contributed by atoms with Gasteiger partial charge in [-0.1, -0.05) is 12.1 Å². The van der Waals surface area contributed by atoms with Crippen LogP contribution in [0.4, 0.5) is 23.7 Å². The van der Waals surface area contributed by atoms with Crippen LogP contribution in [0.3, 0.4) is 0 Å². The number of hydrogen-bond donors (Lipinski definition) is 0. The van der Waals surface area contributed by atoms with Gasteiger partial charge in [0.1, 0.15) is 11.2 Å². The van der Waals surface area contributed by atoms with Crippen LogP contribution in [0.1, 0.15) is 42.4 Å². The van der Waals surface area contributed by atoms with Gasteiger partial charge in [-0.05, 0) is 49.2 Å². The molecule has 6 nitrogen and oxygen atoms in total. The number of Topliss-reactive ketones (excluding diaryl/α,β-unsaturated/α-hetero) is 1. The van der Waals surface area contributed by atoms with Gasteiger partial charge in [0.2, 0.25) is 0 Å². The van der Waals surface area contributed by atoms with Crippen LogP contribution in [0.15, 0.2) is 42.6 Å². The van der Waals surface area contributed by atoms with E-state index in [9.17, 15) is 27.6 Å². The lowest BCUT2D eigenvalue weighted by molar-refractivity contribution is -0.127. The molecule has 0 unspecified atom stereocenters. The van der Waals surface area contributed by atoms with Crippen molar-refractivity contribution in [2.24, 2.45) is 0 Å². The SMILES string of the molecule is CC(=O)c1cc(CN2C(=O)N(c3ccc(CC(F)(F)F)cc3)C(=O)C2(C)C)ccn1. The number of amides is 3. The zero-order valence-electron chi connectivity index (χ0n) is 16.7. The molecule has 9 heteroatoms. The molecule has 0 aliphatic carbocycles. The molecule has 1 aliphatic rings. The predicted octanol–water partition coefficient (Wildman–Crippen LogP) is 4.14. The molecule has 2 aromatic rings. The molecule has 0 saturated carbocycles. The van der Waals surface area contributed by atoms with Crippen molar-refractivity contribution in [3.63, 3.8) is 0 Å². The van der Waals surface area contributed by atoms with Crippen LogP contribution < -0.4 is 4.90 Å². The molecule has 158 valence electrons. The normalized spacial score (nSPS) is 16.3. The predicted molar refractivity (Wildman–Crippen MR) is 103 cm³/mol. The molecule has 30 heavy (non-hydrogen) atoms. The Morgan fingerprint density at radius 1 is 1.07 bits per heavy atom. The summed E-state index contributed by atoms with van der Waals surface area (Å²) in [7, 11) is 0. The average molecular weight is 419 g/mol. The second-order valence-corrected chi connectivity index (χ2v) is 7.63. The van der Waals surface area contributed by atoms with Crippen molar-refractivity contribution in [2.45, 2.75) is 45.5 Å². The first kappa shape index (κ1) is 21.5. The highest BCUT2D eigenvalue weighted by Crippen LogP contribution is 2.34. The lowest BCUT2D eigenvalue weighted by Gasteiger charge is -2.27. The van der Waals surface area contributed by atoms with Gasteiger partial charge in [0.25, 0.3) is 5.91 Å². The number of aromatic nitrogens is 1. The minimum absolute atomic E-state index is 0.0370. The fourth-order valence-electron chi connectivity index (χ4n) is 3.27. The number of alkyl halides is 3. The molecule has 0 atom stereocenters. The largest absolute Gasteiger partial charge is 0.393 e. The number of benzene rings is 1. The van der Waals surface area contributed by atoms with Crippen molar-refractivity contribution in [1.82, 2.24) is 9.88 Å². The van der Waals surface area contributed by atoms with Crippen molar-refractivity contribution in [3.8, 4) is 0 Å². The Kier molecular flexibility index (Phi) is 5.40. The number of rotatable bonds is 5. The number of imide groups is 1. The number of hydrogen-bond acceptors (Lipinski definition) is 4. The van der Waals surface area contributed by atoms with Crippen LogP contribution in [-0.2, 0) is 17.8 Å². The summed E-state index contributed by atoms with van der Waals surface area (Å²) in [5.74, 6) is -0.711. The van der Waals surface area contributed by atoms with E-state index in [2.05, 4.69) is 4.98 Å². The van der Waals surface area contributed by atoms with E-state index < -0.39 is 30.1 Å². The van der Waals surface area contributed by atoms with Crippen LogP contribution >= 0.6 is 0 Å². The van der Waals surface area contributed by atoms with E-state index in [1.54, 1.807) is 26.0 Å². The monoisotopic (exact) mass is 419 g/mol. The molecule has 1 aromatic heterocycles. The first-order valence-electron chi connectivity index (χ1n) is 9.18. The van der Waals surface area contributed by atoms with Crippen LogP contribution in [-0.4, -0.2) is 39.3 Å². The van der Waals surface area contributed by atoms with Gasteiger partial charge in [0.15, 0.2) is 5.78 Å². The Bertz CT molecular complexity index is 1000. The van der Waals surface area contributed by atoms with Crippen molar-refractivity contribution in [2.75, 3.05) is 4.90 Å². The van der Waals surface area contributed by atoms with E-state index in [-0.39, 0.29) is 29.3 Å². The van der Waals surface area contributed by atoms with Gasteiger partial charge in [-0.25, -0.2) is 9.69 Å². The summed E-state index contributed by atoms with van der Waals surface area (Å²) < 4.78 is 37.7. The number of ketones is 1. The van der Waals surface area contributed by atoms with E-state index in [4.69, 9.17) is 0 Å². The number of pyridine rings is 1. The van der Waals surface area contributed by atoms with Crippen LogP contribution in [0, 0.1) is 0 Å². The number of carbonyl (C=O) groups excluding carboxylic acids is 3. The summed E-state index contributed by atoms with van der Waals surface area (Å²) in [6.45, 7) is 4.64. The van der Waals surface area contributed by atoms with E-state index >= 15 is 0 Å². The molecule has 3 rings (SSSR count). The lowest BCUT2D eigenvalue weighted by Crippen LogP contribution is -2.43. The van der Waals surface area contributed by atoms with Gasteiger partial charge in [-0.2, -0.15) is 13.2 Å². The molecule has 1 saturated heterocycles.